The summed E-state index contributed by atoms with van der Waals surface area (Å²) in [5.74, 6) is 0. The second-order valence-electron chi connectivity index (χ2n) is 2.99. The zero-order chi connectivity index (χ0) is 9.68. The van der Waals surface area contributed by atoms with E-state index >= 15 is 0 Å². The van der Waals surface area contributed by atoms with Gasteiger partial charge in [-0.2, -0.15) is 0 Å². The molecule has 0 fully saturated rings. The molecule has 0 nitrogen and oxygen atoms in total. The van der Waals surface area contributed by atoms with Crippen LogP contribution >= 0.6 is 11.8 Å². The van der Waals surface area contributed by atoms with Crippen molar-refractivity contribution in [3.05, 3.63) is 35.9 Å². The fourth-order valence-electron chi connectivity index (χ4n) is 0.908. The van der Waals surface area contributed by atoms with E-state index in [4.69, 9.17) is 0 Å². The summed E-state index contributed by atoms with van der Waals surface area (Å²) in [5, 5.41) is 0.691. The molecule has 0 aromatic heterocycles. The first-order valence-electron chi connectivity index (χ1n) is 4.50. The maximum absolute atomic E-state index is 3.14. The zero-order valence-corrected chi connectivity index (χ0v) is 10.5. The average Bonchev–Trinajstić information content (AvgIpc) is 2.19. The quantitative estimate of drug-likeness (QED) is 0.747. The van der Waals surface area contributed by atoms with Gasteiger partial charge in [0, 0.05) is 0 Å². The molecule has 0 spiro atoms. The van der Waals surface area contributed by atoms with E-state index in [1.165, 1.54) is 15.7 Å². The Morgan fingerprint density at radius 1 is 1.38 bits per heavy atom. The molecule has 0 aliphatic heterocycles. The molecule has 1 aromatic rings. The van der Waals surface area contributed by atoms with E-state index < -0.39 is 0 Å². The third-order valence-electron chi connectivity index (χ3n) is 1.89. The van der Waals surface area contributed by atoms with Gasteiger partial charge in [-0.3, -0.25) is 0 Å². The van der Waals surface area contributed by atoms with E-state index in [1.807, 2.05) is 17.8 Å². The molecule has 0 aliphatic rings. The van der Waals surface area contributed by atoms with Crippen LogP contribution in [0.1, 0.15) is 25.8 Å². The van der Waals surface area contributed by atoms with Crippen molar-refractivity contribution in [2.45, 2.75) is 25.5 Å². The molecule has 0 aliphatic carbocycles. The molecule has 0 radical (unpaired) electrons. The van der Waals surface area contributed by atoms with E-state index in [1.54, 1.807) is 0 Å². The Labute approximate surface area is 92.5 Å². The van der Waals surface area contributed by atoms with Crippen LogP contribution in [0.2, 0.25) is 0 Å². The topological polar surface area (TPSA) is 0 Å². The van der Waals surface area contributed by atoms with Crippen LogP contribution in [0, 0.1) is 0 Å². The van der Waals surface area contributed by atoms with Crippen LogP contribution in [0.15, 0.2) is 30.3 Å². The monoisotopic (exact) mass is 258 g/mol. The van der Waals surface area contributed by atoms with Crippen LogP contribution in [0.5, 0.6) is 0 Å². The van der Waals surface area contributed by atoms with Gasteiger partial charge in [0.05, 0.1) is 0 Å². The molecule has 0 saturated carbocycles. The molecule has 13 heavy (non-hydrogen) atoms. The van der Waals surface area contributed by atoms with Crippen LogP contribution in [0.25, 0.3) is 0 Å². The third-order valence-corrected chi connectivity index (χ3v) is 4.18. The predicted octanol–water partition coefficient (Wildman–Crippen LogP) is 2.86. The molecular formula is C11H14SSe. The average molecular weight is 257 g/mol. The normalized spacial score (nSPS) is 12.5. The Hall–Kier alpha value is -0.0405. The maximum atomic E-state index is 3.14. The van der Waals surface area contributed by atoms with Gasteiger partial charge in [-0.25, -0.2) is 0 Å². The fourth-order valence-corrected chi connectivity index (χ4v) is 3.03. The molecule has 0 heterocycles. The van der Waals surface area contributed by atoms with Gasteiger partial charge >= 0.3 is 92.5 Å². The first kappa shape index (κ1) is 11.0. The fraction of sp³-hybridized carbons (Fsp3) is 0.364. The van der Waals surface area contributed by atoms with Crippen molar-refractivity contribution in [1.82, 2.24) is 0 Å². The molecule has 0 saturated heterocycles. The second-order valence-corrected chi connectivity index (χ2v) is 5.88. The Morgan fingerprint density at radius 3 is 2.54 bits per heavy atom. The molecule has 1 atom stereocenters. The van der Waals surface area contributed by atoms with Gasteiger partial charge in [0.15, 0.2) is 0 Å². The van der Waals surface area contributed by atoms with Crippen molar-refractivity contribution in [2.75, 3.05) is 0 Å². The van der Waals surface area contributed by atoms with Crippen LogP contribution in [-0.4, -0.2) is 24.6 Å². The number of rotatable bonds is 4. The van der Waals surface area contributed by atoms with Crippen LogP contribution in [-0.2, 0) is 0 Å². The Bertz CT molecular complexity index is 269. The molecular weight excluding hydrogens is 243 g/mol. The molecule has 70 valence electrons. The first-order valence-corrected chi connectivity index (χ1v) is 6.23. The molecule has 2 heteroatoms. The van der Waals surface area contributed by atoms with E-state index in [-0.39, 0.29) is 0 Å². The third kappa shape index (κ3) is 3.68. The summed E-state index contributed by atoms with van der Waals surface area (Å²) >= 11 is 5.05. The molecule has 1 unspecified atom stereocenters. The molecule has 0 bridgehead atoms. The summed E-state index contributed by atoms with van der Waals surface area (Å²) in [5.41, 5.74) is 1.30. The van der Waals surface area contributed by atoms with Gasteiger partial charge in [-0.1, -0.05) is 0 Å². The van der Waals surface area contributed by atoms with Crippen LogP contribution in [0.3, 0.4) is 0 Å². The molecule has 0 N–H and O–H groups in total. The van der Waals surface area contributed by atoms with E-state index in [0.717, 1.165) is 0 Å². The molecule has 0 amide bonds. The summed E-state index contributed by atoms with van der Waals surface area (Å²) in [6.45, 7) is 4.47. The molecule has 1 aromatic carbocycles. The Kier molecular flexibility index (Phi) is 4.79. The first-order chi connectivity index (χ1) is 6.24. The summed E-state index contributed by atoms with van der Waals surface area (Å²) < 4.78 is 1.30. The second kappa shape index (κ2) is 5.64. The summed E-state index contributed by atoms with van der Waals surface area (Å²) in [7, 11) is 0. The predicted molar refractivity (Wildman–Crippen MR) is 63.6 cm³/mol. The van der Waals surface area contributed by atoms with Crippen molar-refractivity contribution < 1.29 is 0 Å². The summed E-state index contributed by atoms with van der Waals surface area (Å²) in [6, 6.07) is 10.5. The minimum absolute atomic E-state index is 0.691. The number of hydrogen-bond donors (Lipinski definition) is 0. The summed E-state index contributed by atoms with van der Waals surface area (Å²) in [6.07, 6.45) is 1.21. The van der Waals surface area contributed by atoms with Crippen molar-refractivity contribution >= 4 is 31.1 Å². The van der Waals surface area contributed by atoms with Gasteiger partial charge in [0.1, 0.15) is 0 Å². The van der Waals surface area contributed by atoms with Gasteiger partial charge in [-0.15, -0.1) is 0 Å². The van der Waals surface area contributed by atoms with Crippen molar-refractivity contribution in [3.63, 3.8) is 0 Å². The number of thioether (sulfide) groups is 1. The Morgan fingerprint density at radius 2 is 2.00 bits per heavy atom. The molecule has 1 rings (SSSR count). The Balaban J connectivity index is 2.59. The standard InChI is InChI=1S/C11H14SSe/c1-3-9(2)12-11(13)10-7-5-4-6-8-10/h4-9H,3H2,1-2H3. The van der Waals surface area contributed by atoms with Gasteiger partial charge in [0.2, 0.25) is 0 Å². The van der Waals surface area contributed by atoms with Crippen LogP contribution in [0.4, 0.5) is 0 Å². The SMILES string of the molecule is CCC(C)SC(=[Se])c1ccccc1. The van der Waals surface area contributed by atoms with E-state index in [0.29, 0.717) is 5.25 Å². The van der Waals surface area contributed by atoms with E-state index in [9.17, 15) is 0 Å². The van der Waals surface area contributed by atoms with Gasteiger partial charge in [0.25, 0.3) is 0 Å². The van der Waals surface area contributed by atoms with E-state index in [2.05, 4.69) is 53.7 Å². The zero-order valence-electron chi connectivity index (χ0n) is 7.99. The van der Waals surface area contributed by atoms with Crippen molar-refractivity contribution in [1.29, 1.82) is 0 Å². The minimum atomic E-state index is 0.691. The number of hydrogen-bond acceptors (Lipinski definition) is 1. The van der Waals surface area contributed by atoms with Gasteiger partial charge < -0.3 is 0 Å². The number of benzene rings is 1. The summed E-state index contributed by atoms with van der Waals surface area (Å²) in [4.78, 5) is 0. The van der Waals surface area contributed by atoms with Gasteiger partial charge in [-0.05, 0) is 0 Å². The van der Waals surface area contributed by atoms with Crippen LogP contribution < -0.4 is 0 Å². The van der Waals surface area contributed by atoms with Crippen molar-refractivity contribution in [3.8, 4) is 0 Å². The van der Waals surface area contributed by atoms with Crippen molar-refractivity contribution in [2.24, 2.45) is 0 Å².